The maximum Gasteiger partial charge on any atom is 0.265 e. The van der Waals surface area contributed by atoms with Crippen LogP contribution < -0.4 is 15.0 Å². The molecule has 30 heavy (non-hydrogen) atoms. The Morgan fingerprint density at radius 1 is 1.20 bits per heavy atom. The van der Waals surface area contributed by atoms with Crippen molar-refractivity contribution < 1.29 is 14.3 Å². The number of halogens is 1. The standard InChI is InChI=1S/C22H18ClN3O3S/c23-16-3-8-20-19(10-16)26(22(28)13-29-20)12-21(27)25-17-4-6-18(7-5-17)30-14-15-2-1-9-24-11-15/h1-11H,12-14H2,(H,25,27). The van der Waals surface area contributed by atoms with Crippen LogP contribution in [0.3, 0.4) is 0 Å². The molecule has 0 aliphatic carbocycles. The van der Waals surface area contributed by atoms with Crippen molar-refractivity contribution >= 4 is 46.6 Å². The lowest BCUT2D eigenvalue weighted by Crippen LogP contribution is -2.43. The lowest BCUT2D eigenvalue weighted by Gasteiger charge is -2.29. The molecule has 6 nitrogen and oxygen atoms in total. The van der Waals surface area contributed by atoms with Crippen molar-refractivity contribution in [1.29, 1.82) is 0 Å². The summed E-state index contributed by atoms with van der Waals surface area (Å²) in [7, 11) is 0. The second-order valence-corrected chi connectivity index (χ2v) is 8.09. The number of aromatic nitrogens is 1. The van der Waals surface area contributed by atoms with E-state index in [-0.39, 0.29) is 25.0 Å². The molecule has 0 fully saturated rings. The topological polar surface area (TPSA) is 71.5 Å². The molecule has 0 bridgehead atoms. The highest BCUT2D eigenvalue weighted by Gasteiger charge is 2.27. The largest absolute Gasteiger partial charge is 0.482 e. The first-order valence-corrected chi connectivity index (χ1v) is 10.6. The lowest BCUT2D eigenvalue weighted by atomic mass is 10.2. The molecule has 2 aromatic carbocycles. The molecule has 0 unspecified atom stereocenters. The van der Waals surface area contributed by atoms with E-state index in [4.69, 9.17) is 16.3 Å². The Morgan fingerprint density at radius 3 is 2.80 bits per heavy atom. The van der Waals surface area contributed by atoms with Gasteiger partial charge in [-0.2, -0.15) is 0 Å². The molecule has 0 saturated heterocycles. The molecule has 0 radical (unpaired) electrons. The first-order chi connectivity index (χ1) is 14.6. The van der Waals surface area contributed by atoms with Crippen LogP contribution in [-0.2, 0) is 15.3 Å². The first kappa shape index (κ1) is 20.3. The van der Waals surface area contributed by atoms with Gasteiger partial charge in [-0.1, -0.05) is 17.7 Å². The summed E-state index contributed by atoms with van der Waals surface area (Å²) in [6, 6.07) is 16.5. The van der Waals surface area contributed by atoms with E-state index in [1.807, 2.05) is 42.6 Å². The summed E-state index contributed by atoms with van der Waals surface area (Å²) in [5.74, 6) is 0.761. The first-order valence-electron chi connectivity index (χ1n) is 9.23. The molecule has 1 N–H and O–H groups in total. The fraction of sp³-hybridized carbons (Fsp3) is 0.136. The number of thioether (sulfide) groups is 1. The summed E-state index contributed by atoms with van der Waals surface area (Å²) in [5, 5.41) is 3.30. The Labute approximate surface area is 183 Å². The molecule has 0 atom stereocenters. The van der Waals surface area contributed by atoms with Gasteiger partial charge in [0.05, 0.1) is 5.69 Å². The summed E-state index contributed by atoms with van der Waals surface area (Å²) in [6.07, 6.45) is 3.60. The van der Waals surface area contributed by atoms with E-state index in [9.17, 15) is 9.59 Å². The van der Waals surface area contributed by atoms with Crippen molar-refractivity contribution in [2.75, 3.05) is 23.4 Å². The van der Waals surface area contributed by atoms with Crippen LogP contribution in [0.25, 0.3) is 0 Å². The number of hydrogen-bond donors (Lipinski definition) is 1. The summed E-state index contributed by atoms with van der Waals surface area (Å²) < 4.78 is 5.40. The molecule has 0 saturated carbocycles. The smallest absolute Gasteiger partial charge is 0.265 e. The minimum absolute atomic E-state index is 0.106. The summed E-state index contributed by atoms with van der Waals surface area (Å²) >= 11 is 7.73. The molecule has 3 aromatic rings. The maximum absolute atomic E-state index is 12.5. The highest BCUT2D eigenvalue weighted by atomic mass is 35.5. The van der Waals surface area contributed by atoms with Gasteiger partial charge in [0, 0.05) is 33.8 Å². The van der Waals surface area contributed by atoms with E-state index in [0.29, 0.717) is 22.1 Å². The van der Waals surface area contributed by atoms with Crippen molar-refractivity contribution in [3.05, 3.63) is 77.6 Å². The third kappa shape index (κ3) is 4.93. The number of ether oxygens (including phenoxy) is 1. The molecule has 1 aromatic heterocycles. The third-order valence-electron chi connectivity index (χ3n) is 4.43. The summed E-state index contributed by atoms with van der Waals surface area (Å²) in [4.78, 5) is 31.4. The lowest BCUT2D eigenvalue weighted by molar-refractivity contribution is -0.123. The van der Waals surface area contributed by atoms with Crippen LogP contribution in [0.2, 0.25) is 5.02 Å². The number of carbonyl (C=O) groups is 2. The van der Waals surface area contributed by atoms with E-state index in [2.05, 4.69) is 10.3 Å². The normalized spacial score (nSPS) is 12.8. The average Bonchev–Trinajstić information content (AvgIpc) is 2.76. The Morgan fingerprint density at radius 2 is 2.03 bits per heavy atom. The number of nitrogens with one attached hydrogen (secondary N) is 1. The molecule has 1 aliphatic rings. The fourth-order valence-electron chi connectivity index (χ4n) is 2.98. The third-order valence-corrected chi connectivity index (χ3v) is 5.75. The van der Waals surface area contributed by atoms with Crippen LogP contribution in [0.4, 0.5) is 11.4 Å². The molecule has 4 rings (SSSR count). The van der Waals surface area contributed by atoms with Gasteiger partial charge >= 0.3 is 0 Å². The molecular formula is C22H18ClN3O3S. The van der Waals surface area contributed by atoms with Crippen LogP contribution in [0.15, 0.2) is 71.9 Å². The van der Waals surface area contributed by atoms with E-state index < -0.39 is 0 Å². The minimum Gasteiger partial charge on any atom is -0.482 e. The van der Waals surface area contributed by atoms with Crippen molar-refractivity contribution in [1.82, 2.24) is 4.98 Å². The summed E-state index contributed by atoms with van der Waals surface area (Å²) in [6.45, 7) is -0.224. The predicted octanol–water partition coefficient (Wildman–Crippen LogP) is 4.39. The van der Waals surface area contributed by atoms with Crippen molar-refractivity contribution in [3.8, 4) is 5.75 Å². The number of benzene rings is 2. The monoisotopic (exact) mass is 439 g/mol. The number of amides is 2. The maximum atomic E-state index is 12.5. The highest BCUT2D eigenvalue weighted by Crippen LogP contribution is 2.34. The van der Waals surface area contributed by atoms with Gasteiger partial charge in [-0.3, -0.25) is 19.5 Å². The Balaban J connectivity index is 1.36. The molecule has 2 amide bonds. The zero-order valence-corrected chi connectivity index (χ0v) is 17.4. The van der Waals surface area contributed by atoms with Crippen LogP contribution in [0.1, 0.15) is 5.56 Å². The van der Waals surface area contributed by atoms with Gasteiger partial charge in [-0.25, -0.2) is 0 Å². The Kier molecular flexibility index (Phi) is 6.21. The van der Waals surface area contributed by atoms with E-state index in [1.165, 1.54) is 4.90 Å². The van der Waals surface area contributed by atoms with Gasteiger partial charge < -0.3 is 10.1 Å². The van der Waals surface area contributed by atoms with E-state index in [0.717, 1.165) is 16.2 Å². The van der Waals surface area contributed by atoms with Gasteiger partial charge in [-0.05, 0) is 54.1 Å². The molecule has 152 valence electrons. The number of nitrogens with zero attached hydrogens (tertiary/aromatic N) is 2. The SMILES string of the molecule is O=C(CN1C(=O)COc2ccc(Cl)cc21)Nc1ccc(SCc2cccnc2)cc1. The number of carbonyl (C=O) groups excluding carboxylic acids is 2. The quantitative estimate of drug-likeness (QED) is 0.577. The summed E-state index contributed by atoms with van der Waals surface area (Å²) in [5.41, 5.74) is 2.31. The minimum atomic E-state index is -0.299. The Hall–Kier alpha value is -3.03. The molecular weight excluding hydrogens is 422 g/mol. The van der Waals surface area contributed by atoms with Crippen LogP contribution in [0.5, 0.6) is 5.75 Å². The number of hydrogen-bond acceptors (Lipinski definition) is 5. The van der Waals surface area contributed by atoms with E-state index in [1.54, 1.807) is 36.2 Å². The van der Waals surface area contributed by atoms with Gasteiger partial charge in [0.15, 0.2) is 6.61 Å². The highest BCUT2D eigenvalue weighted by molar-refractivity contribution is 7.98. The van der Waals surface area contributed by atoms with Gasteiger partial charge in [0.2, 0.25) is 5.91 Å². The average molecular weight is 440 g/mol. The van der Waals surface area contributed by atoms with Crippen LogP contribution in [-0.4, -0.2) is 29.9 Å². The van der Waals surface area contributed by atoms with Crippen molar-refractivity contribution in [2.24, 2.45) is 0 Å². The van der Waals surface area contributed by atoms with Gasteiger partial charge in [-0.15, -0.1) is 11.8 Å². The molecule has 2 heterocycles. The zero-order valence-electron chi connectivity index (χ0n) is 15.9. The van der Waals surface area contributed by atoms with Crippen molar-refractivity contribution in [3.63, 3.8) is 0 Å². The second-order valence-electron chi connectivity index (χ2n) is 6.60. The second kappa shape index (κ2) is 9.19. The van der Waals surface area contributed by atoms with Crippen LogP contribution in [0, 0.1) is 0 Å². The predicted molar refractivity (Wildman–Crippen MR) is 118 cm³/mol. The van der Waals surface area contributed by atoms with Crippen LogP contribution >= 0.6 is 23.4 Å². The molecule has 0 spiro atoms. The van der Waals surface area contributed by atoms with Gasteiger partial charge in [0.1, 0.15) is 12.3 Å². The van der Waals surface area contributed by atoms with E-state index >= 15 is 0 Å². The number of anilines is 2. The number of fused-ring (bicyclic) bond motifs is 1. The molecule has 1 aliphatic heterocycles. The fourth-order valence-corrected chi connectivity index (χ4v) is 3.98. The number of pyridine rings is 1. The zero-order chi connectivity index (χ0) is 20.9. The van der Waals surface area contributed by atoms with Gasteiger partial charge in [0.25, 0.3) is 5.91 Å². The van der Waals surface area contributed by atoms with Crippen molar-refractivity contribution in [2.45, 2.75) is 10.6 Å². The molecule has 8 heteroatoms. The number of rotatable bonds is 6. The Bertz CT molecular complexity index is 1060.